The van der Waals surface area contributed by atoms with E-state index in [0.717, 1.165) is 11.2 Å². The Morgan fingerprint density at radius 2 is 0.880 bits per heavy atom. The van der Waals surface area contributed by atoms with Gasteiger partial charge in [0, 0.05) is 30.9 Å². The molecule has 11 aromatic rings. The van der Waals surface area contributed by atoms with Crippen LogP contribution < -0.4 is 0 Å². The third-order valence-corrected chi connectivity index (χ3v) is 11.5. The van der Waals surface area contributed by atoms with Crippen LogP contribution in [0.25, 0.3) is 108 Å². The van der Waals surface area contributed by atoms with Crippen LogP contribution in [-0.2, 0) is 0 Å². The molecule has 2 heterocycles. The van der Waals surface area contributed by atoms with E-state index >= 15 is 0 Å². The van der Waals surface area contributed by atoms with Crippen molar-refractivity contribution in [2.45, 2.75) is 0 Å². The van der Waals surface area contributed by atoms with E-state index in [1.54, 1.807) is 0 Å². The minimum Gasteiger partial charge on any atom is -0.456 e. The number of hydrogen-bond acceptors (Lipinski definition) is 2. The minimum atomic E-state index is 0.942. The van der Waals surface area contributed by atoms with E-state index in [4.69, 9.17) is 4.42 Å². The zero-order valence-electron chi connectivity index (χ0n) is 27.0. The highest BCUT2D eigenvalue weighted by Crippen LogP contribution is 2.45. The second-order valence-electron chi connectivity index (χ2n) is 13.2. The van der Waals surface area contributed by atoms with Crippen LogP contribution in [0.1, 0.15) is 0 Å². The molecular weight excluding hydrogens is 625 g/mol. The van der Waals surface area contributed by atoms with Crippen LogP contribution in [0.2, 0.25) is 0 Å². The van der Waals surface area contributed by atoms with Gasteiger partial charge in [-0.15, -0.1) is 11.3 Å². The van der Waals surface area contributed by atoms with Crippen molar-refractivity contribution < 1.29 is 4.42 Å². The number of para-hydroxylation sites is 1. The Balaban J connectivity index is 1.07. The lowest BCUT2D eigenvalue weighted by atomic mass is 9.85. The summed E-state index contributed by atoms with van der Waals surface area (Å²) in [5.41, 5.74) is 9.37. The third kappa shape index (κ3) is 4.13. The topological polar surface area (TPSA) is 13.1 Å². The van der Waals surface area contributed by atoms with Gasteiger partial charge in [-0.2, -0.15) is 0 Å². The highest BCUT2D eigenvalue weighted by Gasteiger charge is 2.17. The molecule has 0 atom stereocenters. The Labute approximate surface area is 292 Å². The normalized spacial score (nSPS) is 12.0. The van der Waals surface area contributed by atoms with Gasteiger partial charge in [-0.05, 0) is 108 Å². The fraction of sp³-hybridized carbons (Fsp3) is 0. The fourth-order valence-corrected chi connectivity index (χ4v) is 9.28. The molecule has 2 aromatic heterocycles. The minimum absolute atomic E-state index is 0.942. The van der Waals surface area contributed by atoms with Gasteiger partial charge in [-0.3, -0.25) is 0 Å². The average molecular weight is 653 g/mol. The van der Waals surface area contributed by atoms with Crippen LogP contribution in [0.15, 0.2) is 174 Å². The largest absolute Gasteiger partial charge is 0.456 e. The number of benzene rings is 9. The van der Waals surface area contributed by atoms with Crippen LogP contribution in [0.4, 0.5) is 0 Å². The van der Waals surface area contributed by atoms with Crippen LogP contribution in [0.5, 0.6) is 0 Å². The lowest BCUT2D eigenvalue weighted by molar-refractivity contribution is 0.669. The highest BCUT2D eigenvalue weighted by atomic mass is 32.1. The molecule has 0 N–H and O–H groups in total. The number of furan rings is 1. The van der Waals surface area contributed by atoms with Crippen LogP contribution in [0.3, 0.4) is 0 Å². The first-order valence-electron chi connectivity index (χ1n) is 17.1. The van der Waals surface area contributed by atoms with Crippen LogP contribution in [-0.4, -0.2) is 0 Å². The van der Waals surface area contributed by atoms with Gasteiger partial charge in [0.15, 0.2) is 0 Å². The van der Waals surface area contributed by atoms with E-state index in [9.17, 15) is 0 Å². The van der Waals surface area contributed by atoms with E-state index in [2.05, 4.69) is 158 Å². The van der Waals surface area contributed by atoms with Gasteiger partial charge in [0.05, 0.1) is 0 Å². The molecule has 0 aliphatic heterocycles. The maximum absolute atomic E-state index is 6.25. The van der Waals surface area contributed by atoms with E-state index in [0.29, 0.717) is 0 Å². The highest BCUT2D eigenvalue weighted by molar-refractivity contribution is 7.26. The summed E-state index contributed by atoms with van der Waals surface area (Å²) in [6, 6.07) is 62.1. The van der Waals surface area contributed by atoms with Crippen molar-refractivity contribution in [2.24, 2.45) is 0 Å². The monoisotopic (exact) mass is 652 g/mol. The van der Waals surface area contributed by atoms with Crippen LogP contribution in [0, 0.1) is 0 Å². The molecule has 0 radical (unpaired) electrons. The molecule has 2 heteroatoms. The van der Waals surface area contributed by atoms with Crippen molar-refractivity contribution in [1.29, 1.82) is 0 Å². The molecule has 9 aromatic carbocycles. The molecule has 0 unspecified atom stereocenters. The van der Waals surface area contributed by atoms with Crippen molar-refractivity contribution in [2.75, 3.05) is 0 Å². The Kier molecular flexibility index (Phi) is 5.89. The Morgan fingerprint density at radius 1 is 0.300 bits per heavy atom. The predicted molar refractivity (Wildman–Crippen MR) is 215 cm³/mol. The van der Waals surface area contributed by atoms with Crippen molar-refractivity contribution >= 4 is 85.8 Å². The van der Waals surface area contributed by atoms with Gasteiger partial charge in [0.1, 0.15) is 11.2 Å². The fourth-order valence-electron chi connectivity index (χ4n) is 8.13. The average Bonchev–Trinajstić information content (AvgIpc) is 3.71. The maximum atomic E-state index is 6.25. The van der Waals surface area contributed by atoms with Crippen molar-refractivity contribution in [3.63, 3.8) is 0 Å². The summed E-state index contributed by atoms with van der Waals surface area (Å²) in [5.74, 6) is 0. The summed E-state index contributed by atoms with van der Waals surface area (Å²) < 4.78 is 8.84. The third-order valence-electron chi connectivity index (χ3n) is 10.4. The predicted octanol–water partition coefficient (Wildman–Crippen LogP) is 14.4. The molecule has 50 heavy (non-hydrogen) atoms. The molecule has 0 fully saturated rings. The summed E-state index contributed by atoms with van der Waals surface area (Å²) in [6.07, 6.45) is 0. The molecule has 0 bridgehead atoms. The standard InChI is InChI=1S/C48H28OS/c1-2-11-29(12-3-1)47-36-16-4-6-18-38(36)48(39-19-7-5-17-37(39)47)33-14-10-13-30(23-33)31-21-22-32-25-41-42-27-44-40(35-15-8-9-20-43(35)49-44)28-46(42)50-45(41)26-34(32)24-31/h1-28H. The molecule has 0 amide bonds. The van der Waals surface area contributed by atoms with Gasteiger partial charge in [-0.25, -0.2) is 0 Å². The van der Waals surface area contributed by atoms with E-state index in [1.807, 2.05) is 23.5 Å². The molecule has 0 aliphatic carbocycles. The summed E-state index contributed by atoms with van der Waals surface area (Å²) in [4.78, 5) is 0. The lowest BCUT2D eigenvalue weighted by Crippen LogP contribution is -1.91. The van der Waals surface area contributed by atoms with Gasteiger partial charge >= 0.3 is 0 Å². The molecule has 1 nitrogen and oxygen atoms in total. The first-order valence-corrected chi connectivity index (χ1v) is 17.9. The summed E-state index contributed by atoms with van der Waals surface area (Å²) in [6.45, 7) is 0. The van der Waals surface area contributed by atoms with Gasteiger partial charge in [0.25, 0.3) is 0 Å². The Hall–Kier alpha value is -6.22. The SMILES string of the molecule is c1ccc(-c2c3ccccc3c(-c3cccc(-c4ccc5cc6c(cc5c4)sc4cc5c(cc46)oc4ccccc45)c3)c3ccccc23)cc1. The molecule has 0 aliphatic rings. The Bertz CT molecular complexity index is 3090. The zero-order chi connectivity index (χ0) is 32.8. The number of hydrogen-bond donors (Lipinski definition) is 0. The number of fused-ring (bicyclic) bond motifs is 9. The van der Waals surface area contributed by atoms with Gasteiger partial charge in [0.2, 0.25) is 0 Å². The zero-order valence-corrected chi connectivity index (χ0v) is 27.8. The summed E-state index contributed by atoms with van der Waals surface area (Å²) >= 11 is 1.86. The quantitative estimate of drug-likeness (QED) is 0.173. The van der Waals surface area contributed by atoms with E-state index in [1.165, 1.54) is 96.6 Å². The van der Waals surface area contributed by atoms with Crippen molar-refractivity contribution in [3.8, 4) is 33.4 Å². The molecule has 0 saturated heterocycles. The molecule has 232 valence electrons. The molecular formula is C48H28OS. The molecule has 0 spiro atoms. The lowest BCUT2D eigenvalue weighted by Gasteiger charge is -2.18. The first kappa shape index (κ1) is 27.7. The Morgan fingerprint density at radius 3 is 1.64 bits per heavy atom. The smallest absolute Gasteiger partial charge is 0.136 e. The van der Waals surface area contributed by atoms with Crippen molar-refractivity contribution in [3.05, 3.63) is 170 Å². The van der Waals surface area contributed by atoms with Crippen molar-refractivity contribution in [1.82, 2.24) is 0 Å². The number of thiophene rings is 1. The second-order valence-corrected chi connectivity index (χ2v) is 14.3. The molecule has 0 saturated carbocycles. The number of rotatable bonds is 3. The van der Waals surface area contributed by atoms with E-state index < -0.39 is 0 Å². The summed E-state index contributed by atoms with van der Waals surface area (Å²) in [7, 11) is 0. The maximum Gasteiger partial charge on any atom is 0.136 e. The van der Waals surface area contributed by atoms with Gasteiger partial charge in [-0.1, -0.05) is 127 Å². The summed E-state index contributed by atoms with van der Waals surface area (Å²) in [5, 5.41) is 12.5. The van der Waals surface area contributed by atoms with E-state index in [-0.39, 0.29) is 0 Å². The second kappa shape index (κ2) is 10.6. The van der Waals surface area contributed by atoms with Crippen LogP contribution >= 0.6 is 11.3 Å². The van der Waals surface area contributed by atoms with Gasteiger partial charge < -0.3 is 4.42 Å². The first-order chi connectivity index (χ1) is 24.8. The molecule has 11 rings (SSSR count).